The van der Waals surface area contributed by atoms with E-state index in [2.05, 4.69) is 19.9 Å². The van der Waals surface area contributed by atoms with E-state index >= 15 is 4.39 Å². The number of unbranched alkanes of at least 4 members (excludes halogenated alkanes) is 3. The van der Waals surface area contributed by atoms with Gasteiger partial charge in [-0.15, -0.1) is 0 Å². The monoisotopic (exact) mass is 420 g/mol. The van der Waals surface area contributed by atoms with Crippen LogP contribution in [0, 0.1) is 11.6 Å². The molecule has 0 radical (unpaired) electrons. The molecule has 0 unspecified atom stereocenters. The molecule has 0 bridgehead atoms. The Morgan fingerprint density at radius 3 is 2.55 bits per heavy atom. The lowest BCUT2D eigenvalue weighted by Gasteiger charge is -2.13. The number of nitrogens with one attached hydrogen (secondary N) is 2. The molecular weight excluding hydrogens is 398 g/mol. The summed E-state index contributed by atoms with van der Waals surface area (Å²) >= 11 is 0. The number of pyridine rings is 1. The van der Waals surface area contributed by atoms with E-state index in [1.165, 1.54) is 6.20 Å². The van der Waals surface area contributed by atoms with Crippen molar-refractivity contribution >= 4 is 15.7 Å². The number of sulfonamides is 1. The molecule has 0 aliphatic heterocycles. The third kappa shape index (κ3) is 4.97. The van der Waals surface area contributed by atoms with Crippen LogP contribution in [0.3, 0.4) is 0 Å². The summed E-state index contributed by atoms with van der Waals surface area (Å²) in [5.74, 6) is -1.94. The molecule has 3 rings (SSSR count). The summed E-state index contributed by atoms with van der Waals surface area (Å²) in [6, 6.07) is 5.49. The molecule has 9 heteroatoms. The van der Waals surface area contributed by atoms with Crippen LogP contribution in [0.5, 0.6) is 0 Å². The Morgan fingerprint density at radius 1 is 1.07 bits per heavy atom. The minimum atomic E-state index is -3.74. The molecule has 29 heavy (non-hydrogen) atoms. The van der Waals surface area contributed by atoms with Gasteiger partial charge in [-0.25, -0.2) is 17.2 Å². The topological polar surface area (TPSA) is 87.7 Å². The SMILES string of the molecule is CCCCCCS(=O)(=O)Nc1ccc(F)c(-c2[nH]ncc2-c2ccncc2)c1F. The van der Waals surface area contributed by atoms with Crippen LogP contribution in [0.15, 0.2) is 42.9 Å². The second kappa shape index (κ2) is 9.13. The zero-order chi connectivity index (χ0) is 20.9. The number of nitrogens with zero attached hydrogens (tertiary/aromatic N) is 2. The third-order valence-corrected chi connectivity index (χ3v) is 5.86. The lowest BCUT2D eigenvalue weighted by molar-refractivity contribution is 0.584. The Labute approximate surface area is 168 Å². The van der Waals surface area contributed by atoms with Crippen molar-refractivity contribution in [1.29, 1.82) is 0 Å². The van der Waals surface area contributed by atoms with E-state index in [0.29, 0.717) is 17.5 Å². The van der Waals surface area contributed by atoms with Gasteiger partial charge in [-0.05, 0) is 36.2 Å². The Bertz CT molecular complexity index is 1070. The van der Waals surface area contributed by atoms with E-state index in [4.69, 9.17) is 0 Å². The van der Waals surface area contributed by atoms with Crippen LogP contribution in [-0.4, -0.2) is 29.4 Å². The van der Waals surface area contributed by atoms with Gasteiger partial charge in [0.05, 0.1) is 28.9 Å². The Balaban J connectivity index is 1.93. The highest BCUT2D eigenvalue weighted by Gasteiger charge is 2.22. The summed E-state index contributed by atoms with van der Waals surface area (Å²) in [7, 11) is -3.74. The summed E-state index contributed by atoms with van der Waals surface area (Å²) in [5.41, 5.74) is 0.595. The zero-order valence-electron chi connectivity index (χ0n) is 16.0. The van der Waals surface area contributed by atoms with Crippen LogP contribution in [0.2, 0.25) is 0 Å². The van der Waals surface area contributed by atoms with Crippen LogP contribution >= 0.6 is 0 Å². The van der Waals surface area contributed by atoms with E-state index in [1.807, 2.05) is 6.92 Å². The number of H-pyrrole nitrogens is 1. The predicted octanol–water partition coefficient (Wildman–Crippen LogP) is 4.74. The minimum absolute atomic E-state index is 0.120. The van der Waals surface area contributed by atoms with Crippen LogP contribution in [-0.2, 0) is 10.0 Å². The van der Waals surface area contributed by atoms with Gasteiger partial charge in [0.25, 0.3) is 0 Å². The fraction of sp³-hybridized carbons (Fsp3) is 0.300. The molecule has 2 heterocycles. The van der Waals surface area contributed by atoms with Gasteiger partial charge in [-0.3, -0.25) is 14.8 Å². The molecule has 0 saturated heterocycles. The number of rotatable bonds is 9. The lowest BCUT2D eigenvalue weighted by atomic mass is 10.0. The van der Waals surface area contributed by atoms with Crippen molar-refractivity contribution in [3.05, 3.63) is 54.5 Å². The largest absolute Gasteiger partial charge is 0.281 e. The molecule has 0 spiro atoms. The normalized spacial score (nSPS) is 11.6. The first-order chi connectivity index (χ1) is 13.9. The molecule has 0 fully saturated rings. The maximum absolute atomic E-state index is 15.1. The van der Waals surface area contributed by atoms with Crippen molar-refractivity contribution in [2.75, 3.05) is 10.5 Å². The predicted molar refractivity (Wildman–Crippen MR) is 109 cm³/mol. The number of halogens is 2. The Hall–Kier alpha value is -2.81. The summed E-state index contributed by atoms with van der Waals surface area (Å²) in [6.45, 7) is 2.03. The number of benzene rings is 1. The fourth-order valence-corrected chi connectivity index (χ4v) is 4.20. The molecule has 154 valence electrons. The van der Waals surface area contributed by atoms with Gasteiger partial charge < -0.3 is 0 Å². The van der Waals surface area contributed by atoms with E-state index < -0.39 is 21.7 Å². The Kier molecular flexibility index (Phi) is 6.58. The highest BCUT2D eigenvalue weighted by atomic mass is 32.2. The van der Waals surface area contributed by atoms with Crippen molar-refractivity contribution in [2.24, 2.45) is 0 Å². The molecule has 2 N–H and O–H groups in total. The lowest BCUT2D eigenvalue weighted by Crippen LogP contribution is -2.18. The highest BCUT2D eigenvalue weighted by molar-refractivity contribution is 7.92. The zero-order valence-corrected chi connectivity index (χ0v) is 16.8. The average Bonchev–Trinajstić information content (AvgIpc) is 3.18. The summed E-state index contributed by atoms with van der Waals surface area (Å²) in [6.07, 6.45) is 7.73. The smallest absolute Gasteiger partial charge is 0.232 e. The number of anilines is 1. The van der Waals surface area contributed by atoms with Crippen LogP contribution in [0.4, 0.5) is 14.5 Å². The second-order valence-corrected chi connectivity index (χ2v) is 8.50. The first kappa shape index (κ1) is 20.9. The van der Waals surface area contributed by atoms with Gasteiger partial charge in [0.1, 0.15) is 5.82 Å². The van der Waals surface area contributed by atoms with Crippen molar-refractivity contribution in [3.63, 3.8) is 0 Å². The number of hydrogen-bond donors (Lipinski definition) is 2. The van der Waals surface area contributed by atoms with Gasteiger partial charge >= 0.3 is 0 Å². The molecule has 0 saturated carbocycles. The number of aromatic amines is 1. The number of aromatic nitrogens is 3. The van der Waals surface area contributed by atoms with Crippen LogP contribution < -0.4 is 4.72 Å². The summed E-state index contributed by atoms with van der Waals surface area (Å²) < 4.78 is 56.5. The molecular formula is C20H22F2N4O2S. The van der Waals surface area contributed by atoms with Gasteiger partial charge in [0.15, 0.2) is 5.82 Å². The maximum atomic E-state index is 15.1. The third-order valence-electron chi connectivity index (χ3n) is 4.50. The first-order valence-corrected chi connectivity index (χ1v) is 11.0. The minimum Gasteiger partial charge on any atom is -0.281 e. The van der Waals surface area contributed by atoms with Crippen molar-refractivity contribution in [3.8, 4) is 22.4 Å². The molecule has 0 aliphatic rings. The highest BCUT2D eigenvalue weighted by Crippen LogP contribution is 2.35. The van der Waals surface area contributed by atoms with Gasteiger partial charge in [0.2, 0.25) is 10.0 Å². The summed E-state index contributed by atoms with van der Waals surface area (Å²) in [4.78, 5) is 3.93. The molecule has 1 aromatic carbocycles. The van der Waals surface area contributed by atoms with Crippen LogP contribution in [0.1, 0.15) is 32.6 Å². The van der Waals surface area contributed by atoms with Crippen molar-refractivity contribution in [1.82, 2.24) is 15.2 Å². The van der Waals surface area contributed by atoms with Crippen molar-refractivity contribution in [2.45, 2.75) is 32.6 Å². The molecule has 6 nitrogen and oxygen atoms in total. The fourth-order valence-electron chi connectivity index (χ4n) is 3.02. The van der Waals surface area contributed by atoms with E-state index in [0.717, 1.165) is 31.4 Å². The first-order valence-electron chi connectivity index (χ1n) is 9.35. The van der Waals surface area contributed by atoms with E-state index in [1.54, 1.807) is 24.5 Å². The molecule has 2 aromatic heterocycles. The Morgan fingerprint density at radius 2 is 1.83 bits per heavy atom. The van der Waals surface area contributed by atoms with Gasteiger partial charge in [0, 0.05) is 18.0 Å². The van der Waals surface area contributed by atoms with E-state index in [9.17, 15) is 12.8 Å². The number of hydrogen-bond acceptors (Lipinski definition) is 4. The molecule has 0 amide bonds. The standard InChI is InChI=1S/C20H22F2N4O2S/c1-2-3-4-5-12-29(27,28)26-17-7-6-16(21)18(19(17)22)20-15(13-24-25-20)14-8-10-23-11-9-14/h6-11,13,26H,2-5,12H2,1H3,(H,24,25). The quantitative estimate of drug-likeness (QED) is 0.490. The van der Waals surface area contributed by atoms with Gasteiger partial charge in [-0.1, -0.05) is 26.2 Å². The van der Waals surface area contributed by atoms with Gasteiger partial charge in [-0.2, -0.15) is 5.10 Å². The molecule has 0 aliphatic carbocycles. The van der Waals surface area contributed by atoms with Crippen LogP contribution in [0.25, 0.3) is 22.4 Å². The van der Waals surface area contributed by atoms with Crippen molar-refractivity contribution < 1.29 is 17.2 Å². The van der Waals surface area contributed by atoms with E-state index in [-0.39, 0.29) is 22.7 Å². The second-order valence-electron chi connectivity index (χ2n) is 6.66. The summed E-state index contributed by atoms with van der Waals surface area (Å²) in [5, 5.41) is 6.51. The average molecular weight is 420 g/mol. The molecule has 0 atom stereocenters. The molecule has 3 aromatic rings. The maximum Gasteiger partial charge on any atom is 0.232 e.